The fourth-order valence-corrected chi connectivity index (χ4v) is 3.73. The van der Waals surface area contributed by atoms with E-state index in [0.717, 1.165) is 20.8 Å². The summed E-state index contributed by atoms with van der Waals surface area (Å²) in [5, 5.41) is 6.77. The highest BCUT2D eigenvalue weighted by Crippen LogP contribution is 2.25. The van der Waals surface area contributed by atoms with Gasteiger partial charge in [0.15, 0.2) is 0 Å². The van der Waals surface area contributed by atoms with Crippen LogP contribution in [0.1, 0.15) is 36.9 Å². The molecule has 27 heavy (non-hydrogen) atoms. The number of rotatable bonds is 6. The van der Waals surface area contributed by atoms with Crippen molar-refractivity contribution >= 4 is 39.1 Å². The van der Waals surface area contributed by atoms with Gasteiger partial charge in [-0.15, -0.1) is 11.3 Å². The SMILES string of the molecule is Cc1nc2ccc(NC(=O)C(NC(=O)CC(C)C)c3ccccc3)cc2s1. The molecule has 0 saturated heterocycles. The van der Waals surface area contributed by atoms with E-state index in [1.807, 2.05) is 69.3 Å². The summed E-state index contributed by atoms with van der Waals surface area (Å²) in [5.41, 5.74) is 2.36. The number of anilines is 1. The molecular weight excluding hydrogens is 358 g/mol. The Balaban J connectivity index is 1.81. The van der Waals surface area contributed by atoms with Gasteiger partial charge < -0.3 is 10.6 Å². The van der Waals surface area contributed by atoms with Crippen LogP contribution in [0.2, 0.25) is 0 Å². The van der Waals surface area contributed by atoms with Gasteiger partial charge in [-0.05, 0) is 36.6 Å². The molecule has 6 heteroatoms. The Kier molecular flexibility index (Phi) is 5.86. The second-order valence-corrected chi connectivity index (χ2v) is 8.15. The molecule has 1 heterocycles. The van der Waals surface area contributed by atoms with Gasteiger partial charge in [-0.1, -0.05) is 44.2 Å². The third-order valence-electron chi connectivity index (χ3n) is 4.06. The summed E-state index contributed by atoms with van der Waals surface area (Å²) in [5.74, 6) is -0.178. The number of carbonyl (C=O) groups is 2. The number of hydrogen-bond donors (Lipinski definition) is 2. The van der Waals surface area contributed by atoms with E-state index >= 15 is 0 Å². The molecule has 0 aliphatic carbocycles. The summed E-state index contributed by atoms with van der Waals surface area (Å²) >= 11 is 1.58. The van der Waals surface area contributed by atoms with Crippen molar-refractivity contribution in [2.45, 2.75) is 33.2 Å². The molecule has 0 aliphatic heterocycles. The van der Waals surface area contributed by atoms with Gasteiger partial charge >= 0.3 is 0 Å². The standard InChI is InChI=1S/C21H23N3O2S/c1-13(2)11-19(25)24-20(15-7-5-4-6-8-15)21(26)23-16-9-10-17-18(12-16)27-14(3)22-17/h4-10,12-13,20H,11H2,1-3H3,(H,23,26)(H,24,25). The van der Waals surface area contributed by atoms with Crippen LogP contribution in [0.25, 0.3) is 10.2 Å². The first-order valence-corrected chi connectivity index (χ1v) is 9.76. The molecule has 140 valence electrons. The van der Waals surface area contributed by atoms with E-state index in [-0.39, 0.29) is 17.7 Å². The van der Waals surface area contributed by atoms with Crippen molar-refractivity contribution in [2.24, 2.45) is 5.92 Å². The number of aryl methyl sites for hydroxylation is 1. The predicted molar refractivity (Wildman–Crippen MR) is 110 cm³/mol. The minimum Gasteiger partial charge on any atom is -0.341 e. The van der Waals surface area contributed by atoms with Crippen molar-refractivity contribution in [3.8, 4) is 0 Å². The van der Waals surface area contributed by atoms with E-state index in [1.165, 1.54) is 0 Å². The van der Waals surface area contributed by atoms with Gasteiger partial charge in [0.2, 0.25) is 5.91 Å². The zero-order valence-corrected chi connectivity index (χ0v) is 16.5. The lowest BCUT2D eigenvalue weighted by Gasteiger charge is -2.19. The Morgan fingerprint density at radius 1 is 1.11 bits per heavy atom. The molecule has 3 rings (SSSR count). The quantitative estimate of drug-likeness (QED) is 0.663. The summed E-state index contributed by atoms with van der Waals surface area (Å²) in [4.78, 5) is 29.6. The number of thiazole rings is 1. The van der Waals surface area contributed by atoms with Gasteiger partial charge in [-0.25, -0.2) is 4.98 Å². The lowest BCUT2D eigenvalue weighted by Crippen LogP contribution is -2.37. The van der Waals surface area contributed by atoms with Crippen LogP contribution in [0, 0.1) is 12.8 Å². The van der Waals surface area contributed by atoms with E-state index in [2.05, 4.69) is 15.6 Å². The maximum Gasteiger partial charge on any atom is 0.251 e. The molecule has 5 nitrogen and oxygen atoms in total. The van der Waals surface area contributed by atoms with Crippen LogP contribution in [0.15, 0.2) is 48.5 Å². The lowest BCUT2D eigenvalue weighted by molar-refractivity contribution is -0.127. The van der Waals surface area contributed by atoms with Gasteiger partial charge in [-0.2, -0.15) is 0 Å². The number of benzene rings is 2. The lowest BCUT2D eigenvalue weighted by atomic mass is 10.0. The van der Waals surface area contributed by atoms with Crippen LogP contribution >= 0.6 is 11.3 Å². The zero-order valence-electron chi connectivity index (χ0n) is 15.7. The maximum atomic E-state index is 12.9. The Hall–Kier alpha value is -2.73. The molecule has 0 radical (unpaired) electrons. The van der Waals surface area contributed by atoms with Crippen LogP contribution in [0.5, 0.6) is 0 Å². The molecule has 0 bridgehead atoms. The normalized spacial score (nSPS) is 12.1. The van der Waals surface area contributed by atoms with Gasteiger partial charge in [-0.3, -0.25) is 9.59 Å². The molecule has 2 amide bonds. The first kappa shape index (κ1) is 19.0. The number of nitrogens with one attached hydrogen (secondary N) is 2. The van der Waals surface area contributed by atoms with Crippen molar-refractivity contribution < 1.29 is 9.59 Å². The predicted octanol–water partition coefficient (Wildman–Crippen LogP) is 4.45. The summed E-state index contributed by atoms with van der Waals surface area (Å²) in [7, 11) is 0. The minimum atomic E-state index is -0.739. The number of carbonyl (C=O) groups excluding carboxylic acids is 2. The van der Waals surface area contributed by atoms with Crippen molar-refractivity contribution in [2.75, 3.05) is 5.32 Å². The van der Waals surface area contributed by atoms with Crippen LogP contribution in [0.4, 0.5) is 5.69 Å². The zero-order chi connectivity index (χ0) is 19.4. The first-order valence-electron chi connectivity index (χ1n) is 8.94. The topological polar surface area (TPSA) is 71.1 Å². The Labute approximate surface area is 162 Å². The molecule has 2 N–H and O–H groups in total. The highest BCUT2D eigenvalue weighted by atomic mass is 32.1. The van der Waals surface area contributed by atoms with E-state index in [4.69, 9.17) is 0 Å². The highest BCUT2D eigenvalue weighted by Gasteiger charge is 2.23. The van der Waals surface area contributed by atoms with Crippen LogP contribution in [0.3, 0.4) is 0 Å². The minimum absolute atomic E-state index is 0.137. The van der Waals surface area contributed by atoms with Crippen LogP contribution in [-0.4, -0.2) is 16.8 Å². The smallest absolute Gasteiger partial charge is 0.251 e. The van der Waals surface area contributed by atoms with E-state index in [9.17, 15) is 9.59 Å². The summed E-state index contributed by atoms with van der Waals surface area (Å²) in [6, 6.07) is 14.2. The molecule has 3 aromatic rings. The van der Waals surface area contributed by atoms with Crippen molar-refractivity contribution in [3.63, 3.8) is 0 Å². The van der Waals surface area contributed by atoms with Gasteiger partial charge in [0, 0.05) is 12.1 Å². The fourth-order valence-electron chi connectivity index (χ4n) is 2.87. The van der Waals surface area contributed by atoms with Gasteiger partial charge in [0.1, 0.15) is 6.04 Å². The third kappa shape index (κ3) is 4.92. The average molecular weight is 382 g/mol. The van der Waals surface area contributed by atoms with Crippen LogP contribution < -0.4 is 10.6 Å². The van der Waals surface area contributed by atoms with Crippen molar-refractivity contribution in [3.05, 3.63) is 59.1 Å². The molecule has 0 spiro atoms. The first-order chi connectivity index (χ1) is 12.9. The molecule has 0 saturated carbocycles. The largest absolute Gasteiger partial charge is 0.341 e. The highest BCUT2D eigenvalue weighted by molar-refractivity contribution is 7.18. The summed E-state index contributed by atoms with van der Waals surface area (Å²) in [6.07, 6.45) is 0.378. The molecular formula is C21H23N3O2S. The summed E-state index contributed by atoms with van der Waals surface area (Å²) < 4.78 is 1.02. The molecule has 0 aliphatic rings. The number of hydrogen-bond acceptors (Lipinski definition) is 4. The Morgan fingerprint density at radius 2 is 1.85 bits per heavy atom. The third-order valence-corrected chi connectivity index (χ3v) is 4.99. The number of aromatic nitrogens is 1. The second kappa shape index (κ2) is 8.31. The Morgan fingerprint density at radius 3 is 2.56 bits per heavy atom. The van der Waals surface area contributed by atoms with E-state index in [1.54, 1.807) is 11.3 Å². The molecule has 0 fully saturated rings. The molecule has 1 unspecified atom stereocenters. The number of fused-ring (bicyclic) bond motifs is 1. The second-order valence-electron chi connectivity index (χ2n) is 6.91. The molecule has 1 atom stereocenters. The maximum absolute atomic E-state index is 12.9. The van der Waals surface area contributed by atoms with Crippen LogP contribution in [-0.2, 0) is 9.59 Å². The van der Waals surface area contributed by atoms with E-state index in [0.29, 0.717) is 12.1 Å². The van der Waals surface area contributed by atoms with Gasteiger partial charge in [0.05, 0.1) is 15.2 Å². The number of nitrogens with zero attached hydrogens (tertiary/aromatic N) is 1. The van der Waals surface area contributed by atoms with Gasteiger partial charge in [0.25, 0.3) is 5.91 Å². The van der Waals surface area contributed by atoms with Crippen molar-refractivity contribution in [1.29, 1.82) is 0 Å². The number of amides is 2. The summed E-state index contributed by atoms with van der Waals surface area (Å²) in [6.45, 7) is 5.91. The molecule has 2 aromatic carbocycles. The molecule has 1 aromatic heterocycles. The fraction of sp³-hybridized carbons (Fsp3) is 0.286. The average Bonchev–Trinajstić information content (AvgIpc) is 2.99. The van der Waals surface area contributed by atoms with E-state index < -0.39 is 6.04 Å². The Bertz CT molecular complexity index is 950. The van der Waals surface area contributed by atoms with Crippen molar-refractivity contribution in [1.82, 2.24) is 10.3 Å². The monoisotopic (exact) mass is 381 g/mol.